The molecule has 1 aliphatic heterocycles. The second-order valence-electron chi connectivity index (χ2n) is 3.66. The number of amidine groups is 1. The van der Waals surface area contributed by atoms with Gasteiger partial charge in [0, 0.05) is 5.56 Å². The Morgan fingerprint density at radius 2 is 2.27 bits per heavy atom. The first-order valence-corrected chi connectivity index (χ1v) is 5.14. The molecule has 2 rings (SSSR count). The van der Waals surface area contributed by atoms with E-state index in [0.29, 0.717) is 11.7 Å². The third kappa shape index (κ3) is 1.73. The van der Waals surface area contributed by atoms with Crippen LogP contribution in [0.4, 0.5) is 5.69 Å². The lowest BCUT2D eigenvalue weighted by molar-refractivity contribution is 0.918. The Morgan fingerprint density at radius 3 is 3.00 bits per heavy atom. The van der Waals surface area contributed by atoms with Gasteiger partial charge in [0.1, 0.15) is 11.7 Å². The minimum absolute atomic E-state index is 0.567. The summed E-state index contributed by atoms with van der Waals surface area (Å²) in [5.74, 6) is 1.17. The van der Waals surface area contributed by atoms with E-state index in [0.717, 1.165) is 24.1 Å². The predicted molar refractivity (Wildman–Crippen MR) is 63.9 cm³/mol. The van der Waals surface area contributed by atoms with E-state index in [-0.39, 0.29) is 0 Å². The van der Waals surface area contributed by atoms with Gasteiger partial charge in [0.25, 0.3) is 0 Å². The first-order chi connectivity index (χ1) is 7.22. The number of hydrogen-bond donors (Lipinski definition) is 2. The molecular weight excluding hydrogens is 186 g/mol. The molecule has 0 fully saturated rings. The van der Waals surface area contributed by atoms with Crippen molar-refractivity contribution in [3.05, 3.63) is 41.7 Å². The zero-order chi connectivity index (χ0) is 10.8. The van der Waals surface area contributed by atoms with Crippen LogP contribution in [-0.2, 0) is 6.42 Å². The van der Waals surface area contributed by atoms with E-state index in [1.165, 1.54) is 5.56 Å². The largest absolute Gasteiger partial charge is 0.383 e. The van der Waals surface area contributed by atoms with Gasteiger partial charge in [-0.2, -0.15) is 0 Å². The Bertz CT molecular complexity index is 432. The normalized spacial score (nSPS) is 14.2. The average Bonchev–Trinajstić information content (AvgIpc) is 2.17. The summed E-state index contributed by atoms with van der Waals surface area (Å²) >= 11 is 0. The number of benzene rings is 1. The van der Waals surface area contributed by atoms with Gasteiger partial charge in [-0.15, -0.1) is 0 Å². The maximum atomic E-state index is 5.92. The molecule has 0 amide bonds. The third-order valence-electron chi connectivity index (χ3n) is 2.46. The summed E-state index contributed by atoms with van der Waals surface area (Å²) in [6.07, 6.45) is 2.12. The van der Waals surface area contributed by atoms with Crippen LogP contribution in [-0.4, -0.2) is 5.84 Å². The summed E-state index contributed by atoms with van der Waals surface area (Å²) in [6, 6.07) is 6.13. The van der Waals surface area contributed by atoms with Crippen molar-refractivity contribution in [2.45, 2.75) is 19.8 Å². The summed E-state index contributed by atoms with van der Waals surface area (Å²) in [5, 5.41) is 3.13. The molecule has 1 heterocycles. The van der Waals surface area contributed by atoms with E-state index in [9.17, 15) is 0 Å². The summed E-state index contributed by atoms with van der Waals surface area (Å²) in [5.41, 5.74) is 9.21. The van der Waals surface area contributed by atoms with Crippen molar-refractivity contribution in [1.82, 2.24) is 0 Å². The smallest absolute Gasteiger partial charge is 0.135 e. The highest BCUT2D eigenvalue weighted by molar-refractivity contribution is 6.06. The average molecular weight is 201 g/mol. The van der Waals surface area contributed by atoms with E-state index in [1.807, 2.05) is 12.1 Å². The van der Waals surface area contributed by atoms with E-state index < -0.39 is 0 Å². The van der Waals surface area contributed by atoms with E-state index in [4.69, 9.17) is 5.73 Å². The fraction of sp³-hybridized carbons (Fsp3) is 0.250. The van der Waals surface area contributed by atoms with Crippen molar-refractivity contribution < 1.29 is 0 Å². The Kier molecular flexibility index (Phi) is 2.46. The molecule has 3 nitrogen and oxygen atoms in total. The molecule has 0 bridgehead atoms. The summed E-state index contributed by atoms with van der Waals surface area (Å²) in [6.45, 7) is 5.92. The molecule has 0 spiro atoms. The molecule has 1 aromatic carbocycles. The van der Waals surface area contributed by atoms with Crippen LogP contribution in [0.5, 0.6) is 0 Å². The van der Waals surface area contributed by atoms with Gasteiger partial charge in [0.15, 0.2) is 0 Å². The lowest BCUT2D eigenvalue weighted by Crippen LogP contribution is -2.22. The number of nitrogens with zero attached hydrogens (tertiary/aromatic N) is 1. The summed E-state index contributed by atoms with van der Waals surface area (Å²) in [7, 11) is 0. The van der Waals surface area contributed by atoms with Crippen molar-refractivity contribution in [2.75, 3.05) is 5.32 Å². The van der Waals surface area contributed by atoms with Crippen LogP contribution in [0.3, 0.4) is 0 Å². The third-order valence-corrected chi connectivity index (χ3v) is 2.46. The molecule has 0 radical (unpaired) electrons. The van der Waals surface area contributed by atoms with Gasteiger partial charge < -0.3 is 11.1 Å². The van der Waals surface area contributed by atoms with Gasteiger partial charge in [-0.05, 0) is 18.1 Å². The van der Waals surface area contributed by atoms with Gasteiger partial charge >= 0.3 is 0 Å². The number of aryl methyl sites for hydroxylation is 1. The SMILES string of the molecule is C=C1N=C(N)c2c(CCC)cccc2N1. The van der Waals surface area contributed by atoms with E-state index >= 15 is 0 Å². The molecule has 78 valence electrons. The Labute approximate surface area is 89.7 Å². The Hall–Kier alpha value is -1.77. The van der Waals surface area contributed by atoms with Crippen LogP contribution in [0.15, 0.2) is 35.6 Å². The Morgan fingerprint density at radius 1 is 1.47 bits per heavy atom. The molecule has 15 heavy (non-hydrogen) atoms. The number of hydrogen-bond acceptors (Lipinski definition) is 3. The molecule has 0 saturated carbocycles. The van der Waals surface area contributed by atoms with Crippen molar-refractivity contribution in [3.8, 4) is 0 Å². The maximum Gasteiger partial charge on any atom is 0.135 e. The van der Waals surface area contributed by atoms with Crippen molar-refractivity contribution in [1.29, 1.82) is 0 Å². The van der Waals surface area contributed by atoms with Gasteiger partial charge in [-0.25, -0.2) is 4.99 Å². The molecule has 0 atom stereocenters. The minimum Gasteiger partial charge on any atom is -0.383 e. The van der Waals surface area contributed by atoms with Gasteiger partial charge in [-0.1, -0.05) is 32.1 Å². The number of fused-ring (bicyclic) bond motifs is 1. The first kappa shape index (κ1) is 9.77. The molecule has 0 aromatic heterocycles. The summed E-state index contributed by atoms with van der Waals surface area (Å²) < 4.78 is 0. The number of rotatable bonds is 2. The molecule has 0 saturated heterocycles. The molecule has 0 unspecified atom stereocenters. The van der Waals surface area contributed by atoms with Crippen LogP contribution in [0.1, 0.15) is 24.5 Å². The van der Waals surface area contributed by atoms with Crippen molar-refractivity contribution in [2.24, 2.45) is 10.7 Å². The zero-order valence-corrected chi connectivity index (χ0v) is 8.88. The number of aliphatic imine (C=N–C) groups is 1. The van der Waals surface area contributed by atoms with E-state index in [2.05, 4.69) is 29.9 Å². The highest BCUT2D eigenvalue weighted by Gasteiger charge is 2.16. The number of nitrogens with two attached hydrogens (primary N) is 1. The fourth-order valence-corrected chi connectivity index (χ4v) is 1.87. The van der Waals surface area contributed by atoms with Gasteiger partial charge in [0.05, 0.1) is 5.69 Å². The van der Waals surface area contributed by atoms with Crippen LogP contribution in [0, 0.1) is 0 Å². The van der Waals surface area contributed by atoms with Crippen LogP contribution < -0.4 is 11.1 Å². The van der Waals surface area contributed by atoms with Crippen molar-refractivity contribution in [3.63, 3.8) is 0 Å². The Balaban J connectivity index is 2.53. The van der Waals surface area contributed by atoms with Crippen LogP contribution in [0.25, 0.3) is 0 Å². The molecular formula is C12H15N3. The van der Waals surface area contributed by atoms with Gasteiger partial charge in [0.2, 0.25) is 0 Å². The van der Waals surface area contributed by atoms with E-state index in [1.54, 1.807) is 0 Å². The molecule has 1 aliphatic rings. The number of anilines is 1. The standard InChI is InChI=1S/C12H15N3/c1-3-5-9-6-4-7-10-11(9)12(13)15-8(2)14-10/h4,6-7,14H,2-3,5H2,1H3,(H2,13,15). The summed E-state index contributed by atoms with van der Waals surface area (Å²) in [4.78, 5) is 4.16. The number of nitrogens with one attached hydrogen (secondary N) is 1. The first-order valence-electron chi connectivity index (χ1n) is 5.14. The second-order valence-corrected chi connectivity index (χ2v) is 3.66. The molecule has 3 N–H and O–H groups in total. The quantitative estimate of drug-likeness (QED) is 0.771. The molecule has 0 aliphatic carbocycles. The van der Waals surface area contributed by atoms with Crippen molar-refractivity contribution >= 4 is 11.5 Å². The van der Waals surface area contributed by atoms with Crippen LogP contribution in [0.2, 0.25) is 0 Å². The fourth-order valence-electron chi connectivity index (χ4n) is 1.87. The lowest BCUT2D eigenvalue weighted by Gasteiger charge is -2.20. The van der Waals surface area contributed by atoms with Gasteiger partial charge in [-0.3, -0.25) is 0 Å². The maximum absolute atomic E-state index is 5.92. The highest BCUT2D eigenvalue weighted by Crippen LogP contribution is 2.25. The highest BCUT2D eigenvalue weighted by atomic mass is 15.1. The lowest BCUT2D eigenvalue weighted by atomic mass is 9.99. The second kappa shape index (κ2) is 3.77. The monoisotopic (exact) mass is 201 g/mol. The predicted octanol–water partition coefficient (Wildman–Crippen LogP) is 2.24. The zero-order valence-electron chi connectivity index (χ0n) is 8.88. The molecule has 1 aromatic rings. The molecule has 3 heteroatoms. The topological polar surface area (TPSA) is 50.4 Å². The van der Waals surface area contributed by atoms with Crippen LogP contribution >= 0.6 is 0 Å². The minimum atomic E-state index is 0.567.